The number of benzene rings is 2. The molecule has 0 fully saturated rings. The largest absolute Gasteiger partial charge is 0.573 e. The van der Waals surface area contributed by atoms with Crippen LogP contribution in [0.1, 0.15) is 24.3 Å². The second-order valence-corrected chi connectivity index (χ2v) is 8.73. The van der Waals surface area contributed by atoms with Gasteiger partial charge in [-0.1, -0.05) is 26.0 Å². The minimum atomic E-state index is -4.93. The number of urea groups is 1. The summed E-state index contributed by atoms with van der Waals surface area (Å²) in [6.45, 7) is 3.32. The summed E-state index contributed by atoms with van der Waals surface area (Å²) in [4.78, 5) is 40.7. The fraction of sp³-hybridized carbons (Fsp3) is 0.200. The van der Waals surface area contributed by atoms with Crippen molar-refractivity contribution in [2.45, 2.75) is 26.3 Å². The van der Waals surface area contributed by atoms with E-state index in [1.54, 1.807) is 26.0 Å². The van der Waals surface area contributed by atoms with Crippen LogP contribution in [0.3, 0.4) is 0 Å². The van der Waals surface area contributed by atoms with Crippen LogP contribution >= 0.6 is 0 Å². The molecule has 0 aliphatic rings. The molecule has 15 heteroatoms. The first kappa shape index (κ1) is 27.8. The lowest BCUT2D eigenvalue weighted by Gasteiger charge is -2.17. The van der Waals surface area contributed by atoms with Gasteiger partial charge in [0.25, 0.3) is 5.91 Å². The summed E-state index contributed by atoms with van der Waals surface area (Å²) in [5.74, 6) is -2.51. The molecule has 2 heterocycles. The molecule has 208 valence electrons. The second kappa shape index (κ2) is 11.3. The number of para-hydroxylation sites is 2. The van der Waals surface area contributed by atoms with Crippen molar-refractivity contribution in [1.82, 2.24) is 24.9 Å². The van der Waals surface area contributed by atoms with Gasteiger partial charge in [-0.15, -0.1) is 23.4 Å². The van der Waals surface area contributed by atoms with Gasteiger partial charge in [0, 0.05) is 23.6 Å². The molecule has 1 atom stereocenters. The number of carbonyl (C=O) groups excluding carboxylic acids is 2. The molecule has 4 aromatic rings. The van der Waals surface area contributed by atoms with Crippen molar-refractivity contribution in [3.05, 3.63) is 66.6 Å². The van der Waals surface area contributed by atoms with E-state index in [-0.39, 0.29) is 22.9 Å². The first-order chi connectivity index (χ1) is 18.9. The van der Waals surface area contributed by atoms with Gasteiger partial charge in [-0.2, -0.15) is 0 Å². The van der Waals surface area contributed by atoms with E-state index in [1.807, 2.05) is 0 Å². The van der Waals surface area contributed by atoms with Crippen LogP contribution in [-0.4, -0.2) is 55.0 Å². The third-order valence-corrected chi connectivity index (χ3v) is 5.52. The molecule has 0 saturated carbocycles. The number of alkyl halides is 3. The molecule has 40 heavy (non-hydrogen) atoms. The number of nitrogens with zero attached hydrogens (tertiary/aromatic N) is 4. The lowest BCUT2D eigenvalue weighted by Crippen LogP contribution is -2.44. The predicted molar refractivity (Wildman–Crippen MR) is 136 cm³/mol. The normalized spacial score (nSPS) is 12.2. The molecule has 0 aliphatic carbocycles. The van der Waals surface area contributed by atoms with Gasteiger partial charge >= 0.3 is 18.4 Å². The van der Waals surface area contributed by atoms with Crippen LogP contribution in [0.25, 0.3) is 17.0 Å². The van der Waals surface area contributed by atoms with Gasteiger partial charge in [0.05, 0.1) is 5.69 Å². The summed E-state index contributed by atoms with van der Waals surface area (Å²) in [5, 5.41) is 24.8. The van der Waals surface area contributed by atoms with Gasteiger partial charge < -0.3 is 25.8 Å². The SMILES string of the molecule is CC(C)C(NC(=O)c1nccn2c(-c3ccc(NC(=O)Nc4ccccc4OC(F)(F)F)cc3)nnc12)C(=O)O. The molecule has 0 saturated heterocycles. The van der Waals surface area contributed by atoms with Crippen LogP contribution in [0.4, 0.5) is 29.3 Å². The molecule has 1 unspecified atom stereocenters. The number of ether oxygens (including phenoxy) is 1. The maximum Gasteiger partial charge on any atom is 0.573 e. The lowest BCUT2D eigenvalue weighted by atomic mass is 10.0. The van der Waals surface area contributed by atoms with Crippen molar-refractivity contribution in [2.24, 2.45) is 5.92 Å². The highest BCUT2D eigenvalue weighted by atomic mass is 19.4. The molecule has 2 aromatic carbocycles. The van der Waals surface area contributed by atoms with Gasteiger partial charge in [0.1, 0.15) is 6.04 Å². The molecule has 0 radical (unpaired) electrons. The van der Waals surface area contributed by atoms with Gasteiger partial charge in [0.2, 0.25) is 0 Å². The monoisotopic (exact) mass is 557 g/mol. The average Bonchev–Trinajstić information content (AvgIpc) is 3.32. The van der Waals surface area contributed by atoms with Crippen LogP contribution in [0.5, 0.6) is 5.75 Å². The van der Waals surface area contributed by atoms with Crippen LogP contribution in [0.15, 0.2) is 60.9 Å². The van der Waals surface area contributed by atoms with Crippen LogP contribution < -0.4 is 20.7 Å². The number of aliphatic carboxylic acids is 1. The van der Waals surface area contributed by atoms with Crippen molar-refractivity contribution < 1.29 is 37.4 Å². The van der Waals surface area contributed by atoms with Crippen molar-refractivity contribution in [3.8, 4) is 17.1 Å². The molecule has 4 rings (SSSR count). The first-order valence-electron chi connectivity index (χ1n) is 11.7. The van der Waals surface area contributed by atoms with Crippen molar-refractivity contribution >= 4 is 34.9 Å². The maximum absolute atomic E-state index is 12.8. The zero-order valence-corrected chi connectivity index (χ0v) is 20.9. The molecule has 0 aliphatic heterocycles. The summed E-state index contributed by atoms with van der Waals surface area (Å²) in [5.41, 5.74) is 0.674. The fourth-order valence-electron chi connectivity index (χ4n) is 3.68. The Morgan fingerprint density at radius 2 is 1.70 bits per heavy atom. The number of nitrogens with one attached hydrogen (secondary N) is 3. The highest BCUT2D eigenvalue weighted by molar-refractivity contribution is 6.01. The smallest absolute Gasteiger partial charge is 0.480 e. The first-order valence-corrected chi connectivity index (χ1v) is 11.7. The molecule has 0 spiro atoms. The van der Waals surface area contributed by atoms with Crippen molar-refractivity contribution in [2.75, 3.05) is 10.6 Å². The van der Waals surface area contributed by atoms with Crippen LogP contribution in [0.2, 0.25) is 0 Å². The molecule has 3 amide bonds. The minimum Gasteiger partial charge on any atom is -0.480 e. The van der Waals surface area contributed by atoms with E-state index >= 15 is 0 Å². The third kappa shape index (κ3) is 6.43. The number of aromatic nitrogens is 4. The maximum atomic E-state index is 12.8. The number of anilines is 2. The Morgan fingerprint density at radius 3 is 2.35 bits per heavy atom. The van der Waals surface area contributed by atoms with Gasteiger partial charge in [-0.25, -0.2) is 14.6 Å². The second-order valence-electron chi connectivity index (χ2n) is 8.73. The van der Waals surface area contributed by atoms with E-state index in [0.29, 0.717) is 17.1 Å². The van der Waals surface area contributed by atoms with E-state index < -0.39 is 36.1 Å². The summed E-state index contributed by atoms with van der Waals surface area (Å²) in [7, 11) is 0. The van der Waals surface area contributed by atoms with Gasteiger partial charge in [-0.05, 0) is 42.3 Å². The van der Waals surface area contributed by atoms with E-state index in [9.17, 15) is 32.7 Å². The highest BCUT2D eigenvalue weighted by Crippen LogP contribution is 2.30. The quantitative estimate of drug-likeness (QED) is 0.251. The Morgan fingerprint density at radius 1 is 1.00 bits per heavy atom. The number of carbonyl (C=O) groups is 3. The number of hydrogen-bond donors (Lipinski definition) is 4. The van der Waals surface area contributed by atoms with Crippen LogP contribution in [0, 0.1) is 5.92 Å². The van der Waals surface area contributed by atoms with E-state index in [1.165, 1.54) is 47.1 Å². The van der Waals surface area contributed by atoms with Crippen molar-refractivity contribution in [3.63, 3.8) is 0 Å². The fourth-order valence-corrected chi connectivity index (χ4v) is 3.68. The van der Waals surface area contributed by atoms with E-state index in [0.717, 1.165) is 6.07 Å². The lowest BCUT2D eigenvalue weighted by molar-refractivity contribution is -0.274. The summed E-state index contributed by atoms with van der Waals surface area (Å²) in [6, 6.07) is 9.44. The Kier molecular flexibility index (Phi) is 7.83. The number of fused-ring (bicyclic) bond motifs is 1. The average molecular weight is 557 g/mol. The Balaban J connectivity index is 1.49. The number of carboxylic acids is 1. The standard InChI is InChI=1S/C25H22F3N7O5/c1-13(2)18(23(37)38)32-22(36)19-21-34-33-20(35(21)12-11-29-19)14-7-9-15(10-8-14)30-24(39)31-16-5-3-4-6-17(16)40-25(26,27)28/h3-13,18H,1-2H3,(H,32,36)(H,37,38)(H2,30,31,39). The molecular formula is C25H22F3N7O5. The Bertz CT molecular complexity index is 1550. The number of carboxylic acid groups (broad SMARTS) is 1. The Hall–Kier alpha value is -5.21. The van der Waals surface area contributed by atoms with Crippen molar-refractivity contribution in [1.29, 1.82) is 0 Å². The number of hydrogen-bond acceptors (Lipinski definition) is 7. The summed E-state index contributed by atoms with van der Waals surface area (Å²) >= 11 is 0. The van der Waals surface area contributed by atoms with E-state index in [2.05, 4.69) is 35.9 Å². The molecule has 12 nitrogen and oxygen atoms in total. The van der Waals surface area contributed by atoms with Gasteiger partial charge in [0.15, 0.2) is 22.9 Å². The molecular weight excluding hydrogens is 535 g/mol. The summed E-state index contributed by atoms with van der Waals surface area (Å²) < 4.78 is 43.3. The minimum absolute atomic E-state index is 0.101. The molecule has 0 bridgehead atoms. The van der Waals surface area contributed by atoms with Gasteiger partial charge in [-0.3, -0.25) is 9.20 Å². The number of halogens is 3. The predicted octanol–water partition coefficient (Wildman–Crippen LogP) is 4.17. The molecule has 2 aromatic heterocycles. The summed E-state index contributed by atoms with van der Waals surface area (Å²) in [6.07, 6.45) is -2.05. The number of rotatable bonds is 8. The zero-order chi connectivity index (χ0) is 29.0. The number of amides is 3. The zero-order valence-electron chi connectivity index (χ0n) is 20.9. The Labute approximate surface area is 224 Å². The highest BCUT2D eigenvalue weighted by Gasteiger charge is 2.32. The third-order valence-electron chi connectivity index (χ3n) is 5.52. The van der Waals surface area contributed by atoms with E-state index in [4.69, 9.17) is 0 Å². The topological polar surface area (TPSA) is 160 Å². The van der Waals surface area contributed by atoms with Crippen LogP contribution in [-0.2, 0) is 4.79 Å². The molecule has 4 N–H and O–H groups in total.